The van der Waals surface area contributed by atoms with Crippen molar-refractivity contribution in [3.05, 3.63) is 5.21 Å². The number of alkyl halides is 2. The van der Waals surface area contributed by atoms with Crippen molar-refractivity contribution in [1.82, 2.24) is 0 Å². The molecule has 0 saturated heterocycles. The lowest BCUT2D eigenvalue weighted by Crippen LogP contribution is -2.49. The molecule has 0 rings (SSSR count). The summed E-state index contributed by atoms with van der Waals surface area (Å²) in [5, 5.41) is 28.3. The Balaban J connectivity index is 0. The lowest BCUT2D eigenvalue weighted by Gasteiger charge is -2.42. The first-order valence-electron chi connectivity index (χ1n) is 3.14. The average molecular weight is 241 g/mol. The molecule has 76 valence electrons. The fourth-order valence-corrected chi connectivity index (χ4v) is 1.04. The average Bonchev–Trinajstić information content (AvgIpc) is 1.88. The predicted octanol–water partition coefficient (Wildman–Crippen LogP) is 0.469. The van der Waals surface area contributed by atoms with Crippen LogP contribution in [0.15, 0.2) is 0 Å². The number of nitrogens with zero attached hydrogens (tertiary/aromatic N) is 1. The summed E-state index contributed by atoms with van der Waals surface area (Å²) in [7, 11) is 0. The molecule has 0 aromatic rings. The van der Waals surface area contributed by atoms with Crippen molar-refractivity contribution in [3.63, 3.8) is 0 Å². The summed E-state index contributed by atoms with van der Waals surface area (Å²) in [6.45, 7) is -0.782. The van der Waals surface area contributed by atoms with Gasteiger partial charge in [0.1, 0.15) is 13.1 Å². The molecule has 12 heavy (non-hydrogen) atoms. The number of hydrogen-bond donors (Lipinski definition) is 2. The Morgan fingerprint density at radius 3 is 1.67 bits per heavy atom. The molecule has 2 N–H and O–H groups in total. The van der Waals surface area contributed by atoms with Gasteiger partial charge in [0.15, 0.2) is 0 Å². The second kappa shape index (κ2) is 7.15. The fraction of sp³-hybridized carbons (Fsp3) is 1.00. The van der Waals surface area contributed by atoms with Crippen molar-refractivity contribution >= 4 is 35.6 Å². The fourth-order valence-electron chi connectivity index (χ4n) is 0.646. The van der Waals surface area contributed by atoms with E-state index in [2.05, 4.69) is 0 Å². The van der Waals surface area contributed by atoms with E-state index in [9.17, 15) is 5.21 Å². The van der Waals surface area contributed by atoms with Crippen LogP contribution in [-0.2, 0) is 0 Å². The Morgan fingerprint density at radius 1 is 1.17 bits per heavy atom. The monoisotopic (exact) mass is 239 g/mol. The summed E-state index contributed by atoms with van der Waals surface area (Å²) in [5.74, 6) is 0. The first-order chi connectivity index (χ1) is 5.06. The largest absolute Gasteiger partial charge is 0.631 e. The van der Waals surface area contributed by atoms with E-state index in [0.717, 1.165) is 0 Å². The third-order valence-electron chi connectivity index (χ3n) is 1.31. The molecular formula is C5H12Cl3NO3. The molecule has 0 aromatic heterocycles. The molecule has 0 aromatic carbocycles. The molecule has 0 amide bonds. The van der Waals surface area contributed by atoms with Gasteiger partial charge >= 0.3 is 0 Å². The Labute approximate surface area is 87.3 Å². The minimum absolute atomic E-state index is 0. The highest BCUT2D eigenvalue weighted by Crippen LogP contribution is 2.18. The van der Waals surface area contributed by atoms with Gasteiger partial charge in [-0.15, -0.1) is 12.4 Å². The Bertz CT molecular complexity index is 108. The maximum Gasteiger partial charge on any atom is 0.241 e. The van der Waals surface area contributed by atoms with Gasteiger partial charge in [-0.1, -0.05) is 0 Å². The van der Waals surface area contributed by atoms with Gasteiger partial charge in [0.2, 0.25) is 4.96 Å². The van der Waals surface area contributed by atoms with Crippen LogP contribution in [0.4, 0.5) is 0 Å². The molecular weight excluding hydrogens is 228 g/mol. The number of quaternary nitrogens is 1. The van der Waals surface area contributed by atoms with E-state index in [1.807, 2.05) is 0 Å². The van der Waals surface area contributed by atoms with E-state index in [-0.39, 0.29) is 38.7 Å². The lowest BCUT2D eigenvalue weighted by atomic mass is 10.5. The van der Waals surface area contributed by atoms with E-state index in [4.69, 9.17) is 33.4 Å². The highest BCUT2D eigenvalue weighted by Gasteiger charge is 2.23. The number of aliphatic hydroxyl groups excluding tert-OH is 2. The van der Waals surface area contributed by atoms with Gasteiger partial charge < -0.3 is 20.1 Å². The molecule has 0 bridgehead atoms. The molecule has 0 saturated carbocycles. The molecule has 0 atom stereocenters. The van der Waals surface area contributed by atoms with Crippen molar-refractivity contribution in [2.24, 2.45) is 0 Å². The van der Waals surface area contributed by atoms with Crippen molar-refractivity contribution < 1.29 is 14.9 Å². The SMILES string of the molecule is Cl.[O-][N+](CCO)(CCO)C(Cl)Cl. The summed E-state index contributed by atoms with van der Waals surface area (Å²) in [5.41, 5.74) is 0. The highest BCUT2D eigenvalue weighted by atomic mass is 35.5. The molecule has 0 fully saturated rings. The van der Waals surface area contributed by atoms with E-state index in [1.165, 1.54) is 0 Å². The van der Waals surface area contributed by atoms with Crippen LogP contribution in [0.5, 0.6) is 0 Å². The van der Waals surface area contributed by atoms with Gasteiger partial charge in [-0.05, 0) is 23.2 Å². The smallest absolute Gasteiger partial charge is 0.241 e. The van der Waals surface area contributed by atoms with E-state index < -0.39 is 9.61 Å². The molecule has 4 nitrogen and oxygen atoms in total. The van der Waals surface area contributed by atoms with E-state index in [0.29, 0.717) is 0 Å². The standard InChI is InChI=1S/C5H11Cl2NO3.ClH/c6-5(7)8(11,1-3-9)2-4-10;/h5,9-10H,1-4H2;1H. The molecule has 0 aliphatic carbocycles. The van der Waals surface area contributed by atoms with Crippen molar-refractivity contribution in [1.29, 1.82) is 0 Å². The summed E-state index contributed by atoms with van der Waals surface area (Å²) in [4.78, 5) is -1.16. The third kappa shape index (κ3) is 4.67. The van der Waals surface area contributed by atoms with Crippen molar-refractivity contribution in [2.75, 3.05) is 26.3 Å². The second-order valence-corrected chi connectivity index (χ2v) is 3.17. The maximum absolute atomic E-state index is 11.4. The third-order valence-corrected chi connectivity index (χ3v) is 2.02. The predicted molar refractivity (Wildman–Crippen MR) is 50.3 cm³/mol. The van der Waals surface area contributed by atoms with Crippen LogP contribution >= 0.6 is 35.6 Å². The zero-order valence-electron chi connectivity index (χ0n) is 6.32. The second-order valence-electron chi connectivity index (χ2n) is 2.12. The van der Waals surface area contributed by atoms with Crippen molar-refractivity contribution in [2.45, 2.75) is 4.96 Å². The highest BCUT2D eigenvalue weighted by molar-refractivity contribution is 6.43. The van der Waals surface area contributed by atoms with Crippen LogP contribution in [0, 0.1) is 5.21 Å². The van der Waals surface area contributed by atoms with Crippen molar-refractivity contribution in [3.8, 4) is 0 Å². The zero-order chi connectivity index (χ0) is 8.91. The van der Waals surface area contributed by atoms with Crippen LogP contribution < -0.4 is 0 Å². The molecule has 0 unspecified atom stereocenters. The first kappa shape index (κ1) is 15.2. The van der Waals surface area contributed by atoms with Gasteiger partial charge in [-0.2, -0.15) is 0 Å². The summed E-state index contributed by atoms with van der Waals surface area (Å²) < 4.78 is -0.976. The van der Waals surface area contributed by atoms with Gasteiger partial charge in [0.25, 0.3) is 0 Å². The van der Waals surface area contributed by atoms with Gasteiger partial charge in [0.05, 0.1) is 13.2 Å². The van der Waals surface area contributed by atoms with Crippen LogP contribution in [0.2, 0.25) is 0 Å². The van der Waals surface area contributed by atoms with E-state index in [1.54, 1.807) is 0 Å². The molecule has 7 heteroatoms. The van der Waals surface area contributed by atoms with Gasteiger partial charge in [-0.3, -0.25) is 0 Å². The Morgan fingerprint density at radius 2 is 1.50 bits per heavy atom. The quantitative estimate of drug-likeness (QED) is 0.318. The normalized spacial score (nSPS) is 11.5. The molecule has 0 heterocycles. The Hall–Kier alpha value is 0.710. The topological polar surface area (TPSA) is 63.5 Å². The minimum Gasteiger partial charge on any atom is -0.631 e. The number of hydroxylamine groups is 3. The zero-order valence-corrected chi connectivity index (χ0v) is 8.65. The van der Waals surface area contributed by atoms with Crippen LogP contribution in [-0.4, -0.2) is 46.1 Å². The molecule has 0 radical (unpaired) electrons. The van der Waals surface area contributed by atoms with Crippen LogP contribution in [0.25, 0.3) is 0 Å². The first-order valence-corrected chi connectivity index (χ1v) is 4.01. The number of hydrogen-bond acceptors (Lipinski definition) is 3. The molecule has 0 spiro atoms. The minimum atomic E-state index is -1.16. The lowest BCUT2D eigenvalue weighted by molar-refractivity contribution is -0.881. The summed E-state index contributed by atoms with van der Waals surface area (Å²) >= 11 is 10.7. The van der Waals surface area contributed by atoms with E-state index >= 15 is 0 Å². The number of halogens is 3. The van der Waals surface area contributed by atoms with Gasteiger partial charge in [0, 0.05) is 0 Å². The van der Waals surface area contributed by atoms with Crippen LogP contribution in [0.3, 0.4) is 0 Å². The summed E-state index contributed by atoms with van der Waals surface area (Å²) in [6, 6.07) is 0. The van der Waals surface area contributed by atoms with Crippen LogP contribution in [0.1, 0.15) is 0 Å². The number of aliphatic hydroxyl groups is 2. The summed E-state index contributed by atoms with van der Waals surface area (Å²) in [6.07, 6.45) is 0. The molecule has 0 aliphatic rings. The molecule has 0 aliphatic heterocycles. The van der Waals surface area contributed by atoms with Gasteiger partial charge in [-0.25, -0.2) is 0 Å². The maximum atomic E-state index is 11.4. The number of rotatable bonds is 5. The Kier molecular flexibility index (Phi) is 9.05.